The van der Waals surface area contributed by atoms with E-state index >= 15 is 0 Å². The first-order valence-electron chi connectivity index (χ1n) is 7.26. The molecule has 0 saturated heterocycles. The van der Waals surface area contributed by atoms with Crippen molar-refractivity contribution < 1.29 is 0 Å². The molecule has 2 unspecified atom stereocenters. The average molecular weight is 438 g/mol. The van der Waals surface area contributed by atoms with Gasteiger partial charge in [-0.15, -0.1) is 0 Å². The van der Waals surface area contributed by atoms with Crippen LogP contribution in [0.4, 0.5) is 0 Å². The van der Waals surface area contributed by atoms with Crippen molar-refractivity contribution in [1.82, 2.24) is 5.32 Å². The maximum absolute atomic E-state index is 3.72. The highest BCUT2D eigenvalue weighted by molar-refractivity contribution is 14.1. The molecule has 1 aromatic rings. The van der Waals surface area contributed by atoms with Gasteiger partial charge in [-0.2, -0.15) is 0 Å². The highest BCUT2D eigenvalue weighted by atomic mass is 127. The molecule has 0 aliphatic rings. The molecule has 2 atom stereocenters. The van der Waals surface area contributed by atoms with E-state index in [-0.39, 0.29) is 0 Å². The quantitative estimate of drug-likeness (QED) is 0.497. The second kappa shape index (κ2) is 9.35. The Kier molecular flexibility index (Phi) is 8.58. The molecule has 0 radical (unpaired) electrons. The molecule has 0 spiro atoms. The van der Waals surface area contributed by atoms with Gasteiger partial charge in [0, 0.05) is 14.1 Å². The topological polar surface area (TPSA) is 12.0 Å². The van der Waals surface area contributed by atoms with Crippen LogP contribution in [0.2, 0.25) is 0 Å². The van der Waals surface area contributed by atoms with E-state index in [4.69, 9.17) is 0 Å². The minimum atomic E-state index is 0.478. The molecule has 0 fully saturated rings. The molecule has 0 amide bonds. The zero-order chi connectivity index (χ0) is 14.3. The molecule has 19 heavy (non-hydrogen) atoms. The van der Waals surface area contributed by atoms with E-state index in [2.05, 4.69) is 82.8 Å². The van der Waals surface area contributed by atoms with Gasteiger partial charge in [-0.3, -0.25) is 0 Å². The molecule has 0 aliphatic carbocycles. The van der Waals surface area contributed by atoms with Gasteiger partial charge in [0.05, 0.1) is 0 Å². The molecular weight excluding hydrogens is 413 g/mol. The van der Waals surface area contributed by atoms with Gasteiger partial charge >= 0.3 is 0 Å². The molecule has 0 heterocycles. The maximum atomic E-state index is 3.72. The van der Waals surface area contributed by atoms with Crippen LogP contribution in [0.25, 0.3) is 0 Å². The second-order valence-electron chi connectivity index (χ2n) is 5.30. The van der Waals surface area contributed by atoms with Gasteiger partial charge in [0.15, 0.2) is 0 Å². The van der Waals surface area contributed by atoms with E-state index in [9.17, 15) is 0 Å². The van der Waals surface area contributed by atoms with Crippen LogP contribution in [-0.2, 0) is 0 Å². The lowest BCUT2D eigenvalue weighted by Crippen LogP contribution is -2.24. The first-order valence-corrected chi connectivity index (χ1v) is 9.13. The van der Waals surface area contributed by atoms with Gasteiger partial charge in [-0.05, 0) is 71.7 Å². The summed E-state index contributed by atoms with van der Waals surface area (Å²) in [6, 6.07) is 7.07. The average Bonchev–Trinajstić information content (AvgIpc) is 2.38. The van der Waals surface area contributed by atoms with Crippen molar-refractivity contribution in [1.29, 1.82) is 0 Å². The minimum Gasteiger partial charge on any atom is -0.310 e. The summed E-state index contributed by atoms with van der Waals surface area (Å²) in [6.07, 6.45) is 5.00. The summed E-state index contributed by atoms with van der Waals surface area (Å²) in [7, 11) is 0. The highest BCUT2D eigenvalue weighted by Crippen LogP contribution is 2.29. The predicted molar refractivity (Wildman–Crippen MR) is 96.6 cm³/mol. The van der Waals surface area contributed by atoms with Crippen molar-refractivity contribution in [3.05, 3.63) is 31.8 Å². The van der Waals surface area contributed by atoms with E-state index in [1.165, 1.54) is 39.3 Å². The molecule has 3 heteroatoms. The first kappa shape index (κ1) is 17.4. The molecule has 0 aromatic heterocycles. The largest absolute Gasteiger partial charge is 0.310 e. The van der Waals surface area contributed by atoms with Gasteiger partial charge in [-0.25, -0.2) is 0 Å². The predicted octanol–water partition coefficient (Wildman–Crippen LogP) is 5.92. The van der Waals surface area contributed by atoms with Crippen LogP contribution in [0.5, 0.6) is 0 Å². The third-order valence-corrected chi connectivity index (χ3v) is 4.87. The molecular formula is C16H25BrIN. The molecule has 0 saturated carbocycles. The summed E-state index contributed by atoms with van der Waals surface area (Å²) < 4.78 is 2.53. The number of halogens is 2. The van der Waals surface area contributed by atoms with Crippen molar-refractivity contribution in [3.63, 3.8) is 0 Å². The molecule has 0 bridgehead atoms. The number of hydrogen-bond acceptors (Lipinski definition) is 1. The fourth-order valence-electron chi connectivity index (χ4n) is 2.43. The number of nitrogens with one attached hydrogen (secondary N) is 1. The van der Waals surface area contributed by atoms with Crippen LogP contribution in [0.15, 0.2) is 22.7 Å². The van der Waals surface area contributed by atoms with Gasteiger partial charge in [0.25, 0.3) is 0 Å². The smallest absolute Gasteiger partial charge is 0.0333 e. The van der Waals surface area contributed by atoms with Crippen molar-refractivity contribution in [3.8, 4) is 0 Å². The van der Waals surface area contributed by atoms with Crippen LogP contribution in [-0.4, -0.2) is 6.54 Å². The Balaban J connectivity index is 2.85. The minimum absolute atomic E-state index is 0.478. The van der Waals surface area contributed by atoms with Gasteiger partial charge in [0.1, 0.15) is 0 Å². The Morgan fingerprint density at radius 3 is 2.63 bits per heavy atom. The van der Waals surface area contributed by atoms with Crippen LogP contribution in [0, 0.1) is 9.49 Å². The molecule has 1 aromatic carbocycles. The van der Waals surface area contributed by atoms with E-state index in [1.54, 1.807) is 0 Å². The van der Waals surface area contributed by atoms with Crippen LogP contribution >= 0.6 is 38.5 Å². The molecule has 1 rings (SSSR count). The number of hydrogen-bond donors (Lipinski definition) is 1. The summed E-state index contributed by atoms with van der Waals surface area (Å²) in [5.41, 5.74) is 1.44. The van der Waals surface area contributed by atoms with Gasteiger partial charge in [0.2, 0.25) is 0 Å². The zero-order valence-corrected chi connectivity index (χ0v) is 15.9. The summed E-state index contributed by atoms with van der Waals surface area (Å²) in [6.45, 7) is 7.96. The summed E-state index contributed by atoms with van der Waals surface area (Å²) in [5.74, 6) is 0.772. The molecule has 0 aliphatic heterocycles. The number of benzene rings is 1. The third-order valence-electron chi connectivity index (χ3n) is 3.39. The zero-order valence-electron chi connectivity index (χ0n) is 12.2. The third kappa shape index (κ3) is 6.13. The normalized spacial score (nSPS) is 14.4. The Labute approximate surface area is 140 Å². The van der Waals surface area contributed by atoms with E-state index < -0.39 is 0 Å². The van der Waals surface area contributed by atoms with Gasteiger partial charge < -0.3 is 5.32 Å². The fourth-order valence-corrected chi connectivity index (χ4v) is 3.52. The maximum Gasteiger partial charge on any atom is 0.0333 e. The standard InChI is InChI=1S/C16H25BrIN/c1-4-6-12(3)10-16(19-9-5-2)14-11-13(17)7-8-15(14)18/h7-8,11-12,16,19H,4-6,9-10H2,1-3H3. The molecule has 108 valence electrons. The monoisotopic (exact) mass is 437 g/mol. The van der Waals surface area contributed by atoms with Gasteiger partial charge in [-0.1, -0.05) is 49.5 Å². The first-order chi connectivity index (χ1) is 9.08. The van der Waals surface area contributed by atoms with Crippen molar-refractivity contribution in [2.24, 2.45) is 5.92 Å². The summed E-state index contributed by atoms with van der Waals surface area (Å²) >= 11 is 6.05. The molecule has 1 nitrogen and oxygen atoms in total. The second-order valence-corrected chi connectivity index (χ2v) is 7.38. The van der Waals surface area contributed by atoms with Crippen LogP contribution in [0.1, 0.15) is 58.1 Å². The summed E-state index contributed by atoms with van der Waals surface area (Å²) in [4.78, 5) is 0. The molecule has 1 N–H and O–H groups in total. The lowest BCUT2D eigenvalue weighted by atomic mass is 9.93. The van der Waals surface area contributed by atoms with Crippen molar-refractivity contribution >= 4 is 38.5 Å². The van der Waals surface area contributed by atoms with E-state index in [0.29, 0.717) is 6.04 Å². The van der Waals surface area contributed by atoms with Crippen molar-refractivity contribution in [2.45, 2.75) is 52.5 Å². The Morgan fingerprint density at radius 2 is 2.00 bits per heavy atom. The lowest BCUT2D eigenvalue weighted by Gasteiger charge is -2.24. The number of rotatable bonds is 8. The Bertz CT molecular complexity index is 381. The SMILES string of the molecule is CCCNC(CC(C)CCC)c1cc(Br)ccc1I. The van der Waals surface area contributed by atoms with Crippen LogP contribution < -0.4 is 5.32 Å². The Morgan fingerprint density at radius 1 is 1.26 bits per heavy atom. The fraction of sp³-hybridized carbons (Fsp3) is 0.625. The summed E-state index contributed by atoms with van der Waals surface area (Å²) in [5, 5.41) is 3.72. The highest BCUT2D eigenvalue weighted by Gasteiger charge is 2.17. The van der Waals surface area contributed by atoms with E-state index in [1.807, 2.05) is 0 Å². The van der Waals surface area contributed by atoms with Crippen molar-refractivity contribution in [2.75, 3.05) is 6.54 Å². The lowest BCUT2D eigenvalue weighted by molar-refractivity contribution is 0.389. The van der Waals surface area contributed by atoms with Crippen LogP contribution in [0.3, 0.4) is 0 Å². The Hall–Kier alpha value is 0.390. The van der Waals surface area contributed by atoms with E-state index in [0.717, 1.165) is 12.5 Å².